The number of nitrogens with zero attached hydrogens (tertiary/aromatic N) is 2. The largest absolute Gasteiger partial charge is 0.343 e. The van der Waals surface area contributed by atoms with Crippen molar-refractivity contribution in [1.82, 2.24) is 15.0 Å². The fourth-order valence-corrected chi connectivity index (χ4v) is 1.89. The summed E-state index contributed by atoms with van der Waals surface area (Å²) >= 11 is 5.20. The first-order valence-electron chi connectivity index (χ1n) is 5.60. The van der Waals surface area contributed by atoms with Crippen LogP contribution in [-0.2, 0) is 0 Å². The molecule has 3 nitrogen and oxygen atoms in total. The Labute approximate surface area is 106 Å². The SMILES string of the molecule is Cc1cnccc1-c1cc(=S)nc(C(C)C)[nH]1. The minimum absolute atomic E-state index is 0.332. The average Bonchev–Trinajstić information content (AvgIpc) is 2.28. The summed E-state index contributed by atoms with van der Waals surface area (Å²) in [5, 5.41) is 0. The van der Waals surface area contributed by atoms with Crippen LogP contribution >= 0.6 is 12.2 Å². The third-order valence-corrected chi connectivity index (χ3v) is 2.83. The molecular weight excluding hydrogens is 230 g/mol. The molecule has 0 aromatic carbocycles. The van der Waals surface area contributed by atoms with Crippen LogP contribution in [0.1, 0.15) is 31.2 Å². The molecule has 0 atom stereocenters. The Morgan fingerprint density at radius 2 is 2.12 bits per heavy atom. The molecule has 0 bridgehead atoms. The lowest BCUT2D eigenvalue weighted by Crippen LogP contribution is -2.00. The van der Waals surface area contributed by atoms with Gasteiger partial charge in [0.15, 0.2) is 0 Å². The summed E-state index contributed by atoms with van der Waals surface area (Å²) in [5.41, 5.74) is 3.25. The van der Waals surface area contributed by atoms with Crippen molar-refractivity contribution in [2.24, 2.45) is 0 Å². The third kappa shape index (κ3) is 2.58. The van der Waals surface area contributed by atoms with Crippen molar-refractivity contribution in [1.29, 1.82) is 0 Å². The van der Waals surface area contributed by atoms with Gasteiger partial charge in [0.05, 0.1) is 5.69 Å². The van der Waals surface area contributed by atoms with Crippen LogP contribution in [0.15, 0.2) is 24.5 Å². The molecule has 17 heavy (non-hydrogen) atoms. The van der Waals surface area contributed by atoms with Gasteiger partial charge in [-0.3, -0.25) is 4.98 Å². The van der Waals surface area contributed by atoms with Crippen LogP contribution in [0.5, 0.6) is 0 Å². The minimum atomic E-state index is 0.332. The maximum absolute atomic E-state index is 5.20. The lowest BCUT2D eigenvalue weighted by molar-refractivity contribution is 0.773. The van der Waals surface area contributed by atoms with E-state index in [0.29, 0.717) is 10.6 Å². The molecule has 0 fully saturated rings. The fourth-order valence-electron chi connectivity index (χ4n) is 1.67. The maximum Gasteiger partial charge on any atom is 0.130 e. The summed E-state index contributed by atoms with van der Waals surface area (Å²) in [6.45, 7) is 6.22. The van der Waals surface area contributed by atoms with Crippen molar-refractivity contribution < 1.29 is 0 Å². The Morgan fingerprint density at radius 1 is 1.35 bits per heavy atom. The van der Waals surface area contributed by atoms with Crippen molar-refractivity contribution in [3.8, 4) is 11.3 Å². The van der Waals surface area contributed by atoms with E-state index in [-0.39, 0.29) is 0 Å². The van der Waals surface area contributed by atoms with Crippen molar-refractivity contribution in [3.05, 3.63) is 40.6 Å². The van der Waals surface area contributed by atoms with E-state index in [9.17, 15) is 0 Å². The Hall–Kier alpha value is -1.55. The summed E-state index contributed by atoms with van der Waals surface area (Å²) in [4.78, 5) is 11.8. The van der Waals surface area contributed by atoms with E-state index in [1.807, 2.05) is 25.3 Å². The zero-order valence-electron chi connectivity index (χ0n) is 10.2. The first kappa shape index (κ1) is 11.9. The van der Waals surface area contributed by atoms with Crippen LogP contribution in [0, 0.1) is 11.6 Å². The monoisotopic (exact) mass is 245 g/mol. The standard InChI is InChI=1S/C13H15N3S/c1-8(2)13-15-11(6-12(17)16-13)10-4-5-14-7-9(10)3/h4-8H,1-3H3,(H,15,16,17). The number of aryl methyl sites for hydroxylation is 1. The van der Waals surface area contributed by atoms with Crippen LogP contribution in [0.25, 0.3) is 11.3 Å². The second-order valence-corrected chi connectivity index (χ2v) is 4.78. The van der Waals surface area contributed by atoms with Crippen LogP contribution < -0.4 is 0 Å². The smallest absolute Gasteiger partial charge is 0.130 e. The molecule has 0 aliphatic carbocycles. The van der Waals surface area contributed by atoms with Crippen molar-refractivity contribution in [2.75, 3.05) is 0 Å². The van der Waals surface area contributed by atoms with Gasteiger partial charge >= 0.3 is 0 Å². The minimum Gasteiger partial charge on any atom is -0.343 e. The summed E-state index contributed by atoms with van der Waals surface area (Å²) < 4.78 is 0.624. The Balaban J connectivity index is 2.60. The zero-order chi connectivity index (χ0) is 12.4. The zero-order valence-corrected chi connectivity index (χ0v) is 11.0. The van der Waals surface area contributed by atoms with Crippen molar-refractivity contribution in [2.45, 2.75) is 26.7 Å². The number of hydrogen-bond acceptors (Lipinski definition) is 3. The molecule has 0 saturated heterocycles. The number of pyridine rings is 1. The summed E-state index contributed by atoms with van der Waals surface area (Å²) in [7, 11) is 0. The van der Waals surface area contributed by atoms with Gasteiger partial charge in [-0.1, -0.05) is 26.1 Å². The molecule has 88 valence electrons. The fraction of sp³-hybridized carbons (Fsp3) is 0.308. The van der Waals surface area contributed by atoms with E-state index in [1.165, 1.54) is 0 Å². The highest BCUT2D eigenvalue weighted by Gasteiger charge is 2.06. The summed E-state index contributed by atoms with van der Waals surface area (Å²) in [5.74, 6) is 1.25. The van der Waals surface area contributed by atoms with E-state index < -0.39 is 0 Å². The van der Waals surface area contributed by atoms with Crippen LogP contribution in [0.4, 0.5) is 0 Å². The molecule has 1 N–H and O–H groups in total. The highest BCUT2D eigenvalue weighted by atomic mass is 32.1. The Bertz CT molecular complexity index is 587. The molecule has 0 spiro atoms. The molecule has 0 aliphatic heterocycles. The quantitative estimate of drug-likeness (QED) is 0.821. The van der Waals surface area contributed by atoms with E-state index in [0.717, 1.165) is 22.6 Å². The number of aromatic nitrogens is 3. The maximum atomic E-state index is 5.20. The molecular formula is C13H15N3S. The highest BCUT2D eigenvalue weighted by molar-refractivity contribution is 7.71. The lowest BCUT2D eigenvalue weighted by atomic mass is 10.1. The summed E-state index contributed by atoms with van der Waals surface area (Å²) in [6.07, 6.45) is 3.64. The molecule has 2 rings (SSSR count). The van der Waals surface area contributed by atoms with Crippen LogP contribution in [-0.4, -0.2) is 15.0 Å². The number of aromatic amines is 1. The molecule has 4 heteroatoms. The average molecular weight is 245 g/mol. The molecule has 0 unspecified atom stereocenters. The second kappa shape index (κ2) is 4.75. The van der Waals surface area contributed by atoms with Gasteiger partial charge < -0.3 is 4.98 Å². The van der Waals surface area contributed by atoms with Gasteiger partial charge in [-0.05, 0) is 24.6 Å². The molecule has 0 aliphatic rings. The molecule has 0 amide bonds. The normalized spacial score (nSPS) is 10.8. The summed E-state index contributed by atoms with van der Waals surface area (Å²) in [6, 6.07) is 3.88. The van der Waals surface area contributed by atoms with Gasteiger partial charge in [0.2, 0.25) is 0 Å². The molecule has 0 radical (unpaired) electrons. The molecule has 0 saturated carbocycles. The Morgan fingerprint density at radius 3 is 2.76 bits per heavy atom. The predicted molar refractivity (Wildman–Crippen MR) is 71.5 cm³/mol. The van der Waals surface area contributed by atoms with E-state index >= 15 is 0 Å². The number of nitrogens with one attached hydrogen (secondary N) is 1. The molecule has 2 aromatic rings. The van der Waals surface area contributed by atoms with Gasteiger partial charge in [0, 0.05) is 23.9 Å². The van der Waals surface area contributed by atoms with E-state index in [2.05, 4.69) is 28.8 Å². The van der Waals surface area contributed by atoms with Crippen LogP contribution in [0.3, 0.4) is 0 Å². The third-order valence-electron chi connectivity index (χ3n) is 2.62. The van der Waals surface area contributed by atoms with Crippen molar-refractivity contribution >= 4 is 12.2 Å². The first-order chi connectivity index (χ1) is 8.08. The van der Waals surface area contributed by atoms with Gasteiger partial charge in [-0.15, -0.1) is 0 Å². The topological polar surface area (TPSA) is 41.6 Å². The van der Waals surface area contributed by atoms with E-state index in [1.54, 1.807) is 6.20 Å². The van der Waals surface area contributed by atoms with E-state index in [4.69, 9.17) is 12.2 Å². The van der Waals surface area contributed by atoms with Gasteiger partial charge in [0.25, 0.3) is 0 Å². The molecule has 2 heterocycles. The number of H-pyrrole nitrogens is 1. The Kier molecular flexibility index (Phi) is 3.33. The highest BCUT2D eigenvalue weighted by Crippen LogP contribution is 2.21. The predicted octanol–water partition coefficient (Wildman–Crippen LogP) is 3.63. The van der Waals surface area contributed by atoms with Gasteiger partial charge in [0.1, 0.15) is 10.5 Å². The first-order valence-corrected chi connectivity index (χ1v) is 6.01. The number of hydrogen-bond donors (Lipinski definition) is 1. The van der Waals surface area contributed by atoms with Gasteiger partial charge in [-0.2, -0.15) is 0 Å². The van der Waals surface area contributed by atoms with Crippen molar-refractivity contribution in [3.63, 3.8) is 0 Å². The van der Waals surface area contributed by atoms with Gasteiger partial charge in [-0.25, -0.2) is 4.98 Å². The second-order valence-electron chi connectivity index (χ2n) is 4.36. The molecule has 2 aromatic heterocycles. The lowest BCUT2D eigenvalue weighted by Gasteiger charge is -2.10. The van der Waals surface area contributed by atoms with Crippen LogP contribution in [0.2, 0.25) is 0 Å². The number of rotatable bonds is 2.